The minimum Gasteiger partial charge on any atom is -0.502 e. The molecular formula is C5H14O11P2+2. The van der Waals surface area contributed by atoms with Crippen molar-refractivity contribution in [1.82, 2.24) is 0 Å². The van der Waals surface area contributed by atoms with Crippen LogP contribution in [0, 0.1) is 0 Å². The second-order valence-electron chi connectivity index (χ2n) is 2.59. The highest BCUT2D eigenvalue weighted by Crippen LogP contribution is 2.54. The van der Waals surface area contributed by atoms with Crippen LogP contribution >= 0.6 is 16.3 Å². The average molecular weight is 312 g/mol. The van der Waals surface area contributed by atoms with Gasteiger partial charge in [-0.3, -0.25) is 0 Å². The Hall–Kier alpha value is -0.320. The highest BCUT2D eigenvalue weighted by atomic mass is 31.2. The number of aliphatic hydroxyl groups excluding tert-OH is 3. The third kappa shape index (κ3) is 6.03. The molecule has 0 fully saturated rings. The molecule has 0 aromatic rings. The monoisotopic (exact) mass is 312 g/mol. The number of rotatable bonds is 7. The van der Waals surface area contributed by atoms with Gasteiger partial charge in [0.2, 0.25) is 5.76 Å². The number of hydrogen-bond acceptors (Lipinski definition) is 11. The number of aliphatic hydroxyl groups is 3. The molecule has 7 N–H and O–H groups in total. The van der Waals surface area contributed by atoms with E-state index in [1.165, 1.54) is 0 Å². The smallest absolute Gasteiger partial charge is 0.502 e. The van der Waals surface area contributed by atoms with E-state index in [0.717, 1.165) is 14.2 Å². The van der Waals surface area contributed by atoms with Gasteiger partial charge in [-0.05, 0) is 0 Å². The fourth-order valence-electron chi connectivity index (χ4n) is 0.525. The van der Waals surface area contributed by atoms with E-state index < -0.39 is 34.3 Å². The minimum atomic E-state index is -4.41. The molecule has 0 saturated heterocycles. The molecule has 0 spiro atoms. The Morgan fingerprint density at radius 3 is 1.78 bits per heavy atom. The summed E-state index contributed by atoms with van der Waals surface area (Å²) < 4.78 is 16.0. The maximum absolute atomic E-state index is 9.11. The van der Waals surface area contributed by atoms with Gasteiger partial charge in [-0.25, -0.2) is 4.52 Å². The fraction of sp³-hybridized carbons (Fsp3) is 0.600. The molecule has 11 nitrogen and oxygen atoms in total. The highest BCUT2D eigenvalue weighted by molar-refractivity contribution is 7.54. The van der Waals surface area contributed by atoms with E-state index in [1.807, 2.05) is 0 Å². The summed E-state index contributed by atoms with van der Waals surface area (Å²) in [5, 5.41) is 27.2. The molecule has 0 aromatic carbocycles. The highest BCUT2D eigenvalue weighted by Gasteiger charge is 2.46. The summed E-state index contributed by atoms with van der Waals surface area (Å²) in [6, 6.07) is 0. The first kappa shape index (κ1) is 17.7. The topological polar surface area (TPSA) is 179 Å². The summed E-state index contributed by atoms with van der Waals surface area (Å²) in [5.74, 6) is -3.00. The second kappa shape index (κ2) is 6.73. The van der Waals surface area contributed by atoms with Gasteiger partial charge in [-0.1, -0.05) is 0 Å². The zero-order chi connectivity index (χ0) is 14.6. The molecule has 0 aliphatic carbocycles. The SMILES string of the molecule is CO[P+](O)(O)O/C(O)=C(/O)C(O)O[P+](O)(O)OC. The van der Waals surface area contributed by atoms with E-state index >= 15 is 0 Å². The Balaban J connectivity index is 4.74. The van der Waals surface area contributed by atoms with Crippen LogP contribution in [0.2, 0.25) is 0 Å². The molecule has 0 aliphatic heterocycles. The first-order valence-corrected chi connectivity index (χ1v) is 7.09. The summed E-state index contributed by atoms with van der Waals surface area (Å²) in [5.41, 5.74) is 0. The van der Waals surface area contributed by atoms with Gasteiger partial charge in [0.1, 0.15) is 0 Å². The molecule has 18 heavy (non-hydrogen) atoms. The predicted molar refractivity (Wildman–Crippen MR) is 57.2 cm³/mol. The maximum Gasteiger partial charge on any atom is 0.619 e. The molecule has 0 aromatic heterocycles. The van der Waals surface area contributed by atoms with Crippen molar-refractivity contribution in [3.05, 3.63) is 11.7 Å². The average Bonchev–Trinajstić information content (AvgIpc) is 2.26. The van der Waals surface area contributed by atoms with Crippen LogP contribution in [-0.4, -0.2) is 55.4 Å². The molecule has 0 rings (SSSR count). The van der Waals surface area contributed by atoms with E-state index in [9.17, 15) is 0 Å². The Bertz CT molecular complexity index is 302. The summed E-state index contributed by atoms with van der Waals surface area (Å²) in [7, 11) is -7.11. The van der Waals surface area contributed by atoms with Crippen molar-refractivity contribution >= 4 is 16.3 Å². The summed E-state index contributed by atoms with van der Waals surface area (Å²) in [4.78, 5) is 35.5. The lowest BCUT2D eigenvalue weighted by atomic mass is 10.5. The Labute approximate surface area is 102 Å². The Kier molecular flexibility index (Phi) is 6.61. The molecule has 0 heterocycles. The molecule has 1 unspecified atom stereocenters. The van der Waals surface area contributed by atoms with Gasteiger partial charge in [-0.15, -0.1) is 9.05 Å². The van der Waals surface area contributed by atoms with Gasteiger partial charge in [0.05, 0.1) is 14.2 Å². The van der Waals surface area contributed by atoms with E-state index in [0.29, 0.717) is 0 Å². The molecule has 0 radical (unpaired) electrons. The van der Waals surface area contributed by atoms with Crippen LogP contribution in [0.25, 0.3) is 0 Å². The van der Waals surface area contributed by atoms with Crippen molar-refractivity contribution in [3.63, 3.8) is 0 Å². The maximum atomic E-state index is 9.11. The third-order valence-corrected chi connectivity index (χ3v) is 3.21. The second-order valence-corrected chi connectivity index (χ2v) is 5.67. The van der Waals surface area contributed by atoms with Crippen molar-refractivity contribution in [2.24, 2.45) is 0 Å². The van der Waals surface area contributed by atoms with Crippen LogP contribution in [0.3, 0.4) is 0 Å². The van der Waals surface area contributed by atoms with Crippen LogP contribution in [-0.2, 0) is 18.1 Å². The van der Waals surface area contributed by atoms with Crippen LogP contribution in [0.15, 0.2) is 11.7 Å². The van der Waals surface area contributed by atoms with Crippen molar-refractivity contribution in [2.45, 2.75) is 6.29 Å². The van der Waals surface area contributed by atoms with Gasteiger partial charge >= 0.3 is 22.3 Å². The number of hydrogen-bond donors (Lipinski definition) is 7. The molecule has 0 aliphatic rings. The van der Waals surface area contributed by atoms with Gasteiger partial charge < -0.3 is 15.3 Å². The van der Waals surface area contributed by atoms with Crippen molar-refractivity contribution in [1.29, 1.82) is 0 Å². The van der Waals surface area contributed by atoms with Crippen molar-refractivity contribution in [3.8, 4) is 0 Å². The van der Waals surface area contributed by atoms with Gasteiger partial charge in [-0.2, -0.15) is 24.1 Å². The molecule has 108 valence electrons. The van der Waals surface area contributed by atoms with Gasteiger partial charge in [0.15, 0.2) is 0 Å². The van der Waals surface area contributed by atoms with Crippen molar-refractivity contribution in [2.75, 3.05) is 14.2 Å². The van der Waals surface area contributed by atoms with E-state index in [4.69, 9.17) is 34.9 Å². The van der Waals surface area contributed by atoms with Gasteiger partial charge in [0.25, 0.3) is 6.29 Å². The summed E-state index contributed by atoms with van der Waals surface area (Å²) in [6.07, 6.45) is -2.44. The molecule has 0 bridgehead atoms. The molecule has 0 amide bonds. The van der Waals surface area contributed by atoms with Crippen LogP contribution < -0.4 is 0 Å². The van der Waals surface area contributed by atoms with E-state index in [-0.39, 0.29) is 0 Å². The summed E-state index contributed by atoms with van der Waals surface area (Å²) >= 11 is 0. The zero-order valence-corrected chi connectivity index (χ0v) is 11.0. The van der Waals surface area contributed by atoms with Gasteiger partial charge in [0, 0.05) is 0 Å². The molecule has 0 saturated carbocycles. The van der Waals surface area contributed by atoms with Crippen molar-refractivity contribution < 1.29 is 53.0 Å². The first-order valence-electron chi connectivity index (χ1n) is 4.03. The summed E-state index contributed by atoms with van der Waals surface area (Å²) in [6.45, 7) is 0. The minimum absolute atomic E-state index is 0.841. The Morgan fingerprint density at radius 1 is 0.944 bits per heavy atom. The predicted octanol–water partition coefficient (Wildman–Crippen LogP) is -0.760. The van der Waals surface area contributed by atoms with Crippen LogP contribution in [0.1, 0.15) is 0 Å². The molecular weight excluding hydrogens is 298 g/mol. The first-order chi connectivity index (χ1) is 8.04. The Morgan fingerprint density at radius 2 is 1.39 bits per heavy atom. The van der Waals surface area contributed by atoms with Crippen LogP contribution in [0.4, 0.5) is 0 Å². The quantitative estimate of drug-likeness (QED) is 0.178. The molecule has 1 atom stereocenters. The normalized spacial score (nSPS) is 16.2. The third-order valence-electron chi connectivity index (χ3n) is 1.37. The lowest BCUT2D eigenvalue weighted by Gasteiger charge is -2.12. The fourth-order valence-corrected chi connectivity index (χ4v) is 1.36. The van der Waals surface area contributed by atoms with E-state index in [2.05, 4.69) is 18.1 Å². The zero-order valence-electron chi connectivity index (χ0n) is 9.24. The standard InChI is InChI=1S/C5H12O11P2/c1-13-17(9,10)15-4(7)3(6)5(8)16-18(11,12)14-2/h4,7,9-12H,1-2H3/p+2/b5-3+. The lowest BCUT2D eigenvalue weighted by Crippen LogP contribution is -2.19. The lowest BCUT2D eigenvalue weighted by molar-refractivity contribution is -0.0577. The largest absolute Gasteiger partial charge is 0.619 e. The molecule has 13 heteroatoms. The van der Waals surface area contributed by atoms with E-state index in [1.54, 1.807) is 0 Å². The van der Waals surface area contributed by atoms with Crippen LogP contribution in [0.5, 0.6) is 0 Å².